The number of rotatable bonds is 2. The van der Waals surface area contributed by atoms with Crippen LogP contribution in [0.4, 0.5) is 10.5 Å². The number of carbonyl (C=O) groups is 3. The second-order valence-electron chi connectivity index (χ2n) is 6.15. The van der Waals surface area contributed by atoms with Crippen molar-refractivity contribution in [3.8, 4) is 0 Å². The number of hydrogen-bond donors (Lipinski definition) is 3. The molecule has 2 atom stereocenters. The highest BCUT2D eigenvalue weighted by Crippen LogP contribution is 2.28. The zero-order valence-corrected chi connectivity index (χ0v) is 13.1. The highest BCUT2D eigenvalue weighted by atomic mass is 16.2. The number of fused-ring (bicyclic) bond motifs is 2. The molecule has 23 heavy (non-hydrogen) atoms. The first kappa shape index (κ1) is 15.3. The van der Waals surface area contributed by atoms with Gasteiger partial charge >= 0.3 is 6.03 Å². The molecule has 7 nitrogen and oxygen atoms in total. The van der Waals surface area contributed by atoms with Gasteiger partial charge in [-0.2, -0.15) is 0 Å². The molecule has 0 saturated carbocycles. The van der Waals surface area contributed by atoms with Gasteiger partial charge in [-0.25, -0.2) is 4.79 Å². The number of nitrogens with zero attached hydrogens (tertiary/aromatic N) is 1. The molecule has 1 aromatic carbocycles. The number of nitrogens with one attached hydrogen (secondary N) is 3. The van der Waals surface area contributed by atoms with Gasteiger partial charge in [0.25, 0.3) is 5.91 Å². The van der Waals surface area contributed by atoms with Gasteiger partial charge in [-0.15, -0.1) is 0 Å². The second kappa shape index (κ2) is 5.91. The average Bonchev–Trinajstić information content (AvgIpc) is 2.85. The van der Waals surface area contributed by atoms with Gasteiger partial charge in [0.15, 0.2) is 0 Å². The molecule has 0 aromatic heterocycles. The van der Waals surface area contributed by atoms with Crippen molar-refractivity contribution in [1.29, 1.82) is 0 Å². The molecule has 0 bridgehead atoms. The van der Waals surface area contributed by atoms with Crippen LogP contribution in [0.5, 0.6) is 0 Å². The van der Waals surface area contributed by atoms with Crippen LogP contribution >= 0.6 is 0 Å². The van der Waals surface area contributed by atoms with E-state index in [0.29, 0.717) is 24.2 Å². The maximum atomic E-state index is 12.7. The van der Waals surface area contributed by atoms with E-state index in [2.05, 4.69) is 16.0 Å². The van der Waals surface area contributed by atoms with E-state index in [1.807, 2.05) is 13.8 Å². The van der Waals surface area contributed by atoms with Gasteiger partial charge in [0.05, 0.1) is 17.3 Å². The molecule has 0 spiro atoms. The van der Waals surface area contributed by atoms with E-state index in [1.54, 1.807) is 29.2 Å². The van der Waals surface area contributed by atoms with E-state index in [1.165, 1.54) is 0 Å². The number of para-hydroxylation sites is 1. The minimum absolute atomic E-state index is 0.00125. The number of anilines is 1. The van der Waals surface area contributed by atoms with E-state index in [0.717, 1.165) is 0 Å². The normalized spacial score (nSPS) is 23.0. The largest absolute Gasteiger partial charge is 0.336 e. The first-order valence-corrected chi connectivity index (χ1v) is 7.75. The minimum Gasteiger partial charge on any atom is -0.336 e. The molecule has 2 heterocycles. The van der Waals surface area contributed by atoms with E-state index in [9.17, 15) is 14.4 Å². The second-order valence-corrected chi connectivity index (χ2v) is 6.15. The summed E-state index contributed by atoms with van der Waals surface area (Å²) in [7, 11) is 0. The smallest absolute Gasteiger partial charge is 0.315 e. The van der Waals surface area contributed by atoms with Crippen LogP contribution in [-0.2, 0) is 4.79 Å². The fourth-order valence-electron chi connectivity index (χ4n) is 3.11. The molecule has 7 heteroatoms. The summed E-state index contributed by atoms with van der Waals surface area (Å²) in [6, 6.07) is 5.54. The first-order valence-electron chi connectivity index (χ1n) is 7.75. The van der Waals surface area contributed by atoms with Crippen molar-refractivity contribution in [2.24, 2.45) is 0 Å². The van der Waals surface area contributed by atoms with Crippen molar-refractivity contribution in [3.05, 3.63) is 29.8 Å². The van der Waals surface area contributed by atoms with Crippen molar-refractivity contribution < 1.29 is 14.4 Å². The van der Waals surface area contributed by atoms with Crippen molar-refractivity contribution in [2.75, 3.05) is 11.9 Å². The Balaban J connectivity index is 1.83. The molecule has 2 aliphatic rings. The summed E-state index contributed by atoms with van der Waals surface area (Å²) in [5.74, 6) is -0.451. The number of hydrogen-bond acceptors (Lipinski definition) is 3. The highest BCUT2D eigenvalue weighted by Gasteiger charge is 2.45. The van der Waals surface area contributed by atoms with E-state index >= 15 is 0 Å². The van der Waals surface area contributed by atoms with Crippen LogP contribution in [0.15, 0.2) is 24.3 Å². The summed E-state index contributed by atoms with van der Waals surface area (Å²) >= 11 is 0. The van der Waals surface area contributed by atoms with E-state index in [4.69, 9.17) is 0 Å². The lowest BCUT2D eigenvalue weighted by molar-refractivity contribution is -0.120. The van der Waals surface area contributed by atoms with E-state index < -0.39 is 12.1 Å². The fraction of sp³-hybridized carbons (Fsp3) is 0.438. The van der Waals surface area contributed by atoms with Crippen LogP contribution in [-0.4, -0.2) is 47.4 Å². The van der Waals surface area contributed by atoms with Crippen LogP contribution in [0, 0.1) is 0 Å². The molecule has 3 N–H and O–H groups in total. The molecule has 1 aromatic rings. The van der Waals surface area contributed by atoms with Gasteiger partial charge in [0, 0.05) is 12.6 Å². The topological polar surface area (TPSA) is 90.5 Å². The summed E-state index contributed by atoms with van der Waals surface area (Å²) in [4.78, 5) is 38.7. The molecule has 2 aliphatic heterocycles. The standard InChI is InChI=1S/C16H20N4O3/c1-9(2)17-16(23)19-12-7-8-20-13(12)14(21)18-11-6-4-3-5-10(11)15(20)22/h3-6,9,12-13H,7-8H2,1-2H3,(H,18,21)(H2,17,19,23)/t12-,13-/m0/s1. The predicted octanol–water partition coefficient (Wildman–Crippen LogP) is 0.929. The van der Waals surface area contributed by atoms with Crippen molar-refractivity contribution in [3.63, 3.8) is 0 Å². The Kier molecular flexibility index (Phi) is 3.94. The zero-order valence-electron chi connectivity index (χ0n) is 13.1. The lowest BCUT2D eigenvalue weighted by Gasteiger charge is -2.25. The fourth-order valence-corrected chi connectivity index (χ4v) is 3.11. The van der Waals surface area contributed by atoms with Crippen molar-refractivity contribution >= 4 is 23.5 Å². The number of amides is 4. The molecule has 1 saturated heterocycles. The number of urea groups is 1. The third kappa shape index (κ3) is 2.86. The quantitative estimate of drug-likeness (QED) is 0.758. The third-order valence-corrected chi connectivity index (χ3v) is 4.08. The summed E-state index contributed by atoms with van der Waals surface area (Å²) in [5.41, 5.74) is 0.998. The van der Waals surface area contributed by atoms with Gasteiger partial charge in [-0.3, -0.25) is 9.59 Å². The van der Waals surface area contributed by atoms with Crippen LogP contribution in [0.3, 0.4) is 0 Å². The summed E-state index contributed by atoms with van der Waals surface area (Å²) in [6.45, 7) is 4.16. The summed E-state index contributed by atoms with van der Waals surface area (Å²) < 4.78 is 0. The lowest BCUT2D eigenvalue weighted by Crippen LogP contribution is -2.54. The van der Waals surface area contributed by atoms with Crippen LogP contribution in [0.2, 0.25) is 0 Å². The van der Waals surface area contributed by atoms with Crippen molar-refractivity contribution in [1.82, 2.24) is 15.5 Å². The molecule has 0 unspecified atom stereocenters. The van der Waals surface area contributed by atoms with Gasteiger partial charge in [-0.05, 0) is 32.4 Å². The van der Waals surface area contributed by atoms with Gasteiger partial charge in [0.1, 0.15) is 6.04 Å². The SMILES string of the molecule is CC(C)NC(=O)N[C@H]1CCN2C(=O)c3ccccc3NC(=O)[C@H]12. The van der Waals surface area contributed by atoms with Crippen molar-refractivity contribution in [2.45, 2.75) is 38.4 Å². The molecule has 0 radical (unpaired) electrons. The Bertz CT molecular complexity index is 658. The van der Waals surface area contributed by atoms with Crippen LogP contribution in [0.25, 0.3) is 0 Å². The molecule has 0 aliphatic carbocycles. The molecular weight excluding hydrogens is 296 g/mol. The minimum atomic E-state index is -0.687. The monoisotopic (exact) mass is 316 g/mol. The summed E-state index contributed by atoms with van der Waals surface area (Å²) in [5, 5.41) is 8.34. The number of benzene rings is 1. The van der Waals surface area contributed by atoms with E-state index in [-0.39, 0.29) is 23.9 Å². The Labute approximate surface area is 134 Å². The molecule has 3 rings (SSSR count). The van der Waals surface area contributed by atoms with Crippen LogP contribution in [0.1, 0.15) is 30.6 Å². The lowest BCUT2D eigenvalue weighted by atomic mass is 10.1. The Morgan fingerprint density at radius 3 is 2.78 bits per heavy atom. The number of carbonyl (C=O) groups excluding carboxylic acids is 3. The predicted molar refractivity (Wildman–Crippen MR) is 85.1 cm³/mol. The molecule has 1 fully saturated rings. The Hall–Kier alpha value is -2.57. The van der Waals surface area contributed by atoms with Gasteiger partial charge < -0.3 is 20.9 Å². The maximum absolute atomic E-state index is 12.7. The molecule has 4 amide bonds. The Morgan fingerprint density at radius 2 is 2.04 bits per heavy atom. The van der Waals surface area contributed by atoms with Gasteiger partial charge in [-0.1, -0.05) is 12.1 Å². The van der Waals surface area contributed by atoms with Gasteiger partial charge in [0.2, 0.25) is 5.91 Å². The average molecular weight is 316 g/mol. The molecular formula is C16H20N4O3. The first-order chi connectivity index (χ1) is 11.0. The highest BCUT2D eigenvalue weighted by molar-refractivity contribution is 6.10. The van der Waals surface area contributed by atoms with Crippen LogP contribution < -0.4 is 16.0 Å². The Morgan fingerprint density at radius 1 is 1.30 bits per heavy atom. The zero-order chi connectivity index (χ0) is 16.6. The maximum Gasteiger partial charge on any atom is 0.315 e. The third-order valence-electron chi connectivity index (χ3n) is 4.08. The summed E-state index contributed by atoms with van der Waals surface area (Å²) in [6.07, 6.45) is 0.553. The molecule has 122 valence electrons.